The van der Waals surface area contributed by atoms with Crippen LogP contribution in [0.2, 0.25) is 0 Å². The second-order valence-electron chi connectivity index (χ2n) is 4.11. The summed E-state index contributed by atoms with van der Waals surface area (Å²) >= 11 is 0. The van der Waals surface area contributed by atoms with E-state index in [-0.39, 0.29) is 25.4 Å². The van der Waals surface area contributed by atoms with Crippen molar-refractivity contribution >= 4 is 11.9 Å². The first kappa shape index (κ1) is 12.6. The first-order valence-electron chi connectivity index (χ1n) is 5.84. The molecule has 0 bridgehead atoms. The first-order chi connectivity index (χ1) is 8.63. The molecule has 1 N–H and O–H groups in total. The Hall–Kier alpha value is -1.88. The van der Waals surface area contributed by atoms with Crippen molar-refractivity contribution in [3.63, 3.8) is 0 Å². The number of aliphatic hydroxyl groups excluding tert-OH is 1. The molecular weight excluding hydrogens is 234 g/mol. The average Bonchev–Trinajstić information content (AvgIpc) is 2.47. The minimum absolute atomic E-state index is 0.118. The largest absolute Gasteiger partial charge is 0.450 e. The quantitative estimate of drug-likeness (QED) is 0.813. The van der Waals surface area contributed by atoms with Gasteiger partial charge in [-0.3, -0.25) is 9.69 Å². The van der Waals surface area contributed by atoms with Crippen molar-refractivity contribution in [1.29, 1.82) is 0 Å². The highest BCUT2D eigenvalue weighted by atomic mass is 16.6. The van der Waals surface area contributed by atoms with E-state index in [1.54, 1.807) is 31.2 Å². The molecule has 0 saturated heterocycles. The number of hydrogen-bond acceptors (Lipinski definition) is 4. The van der Waals surface area contributed by atoms with Gasteiger partial charge in [0.25, 0.3) is 0 Å². The van der Waals surface area contributed by atoms with E-state index < -0.39 is 12.3 Å². The summed E-state index contributed by atoms with van der Waals surface area (Å²) in [7, 11) is 0. The van der Waals surface area contributed by atoms with Gasteiger partial charge in [0.2, 0.25) is 0 Å². The van der Waals surface area contributed by atoms with Gasteiger partial charge in [0.05, 0.1) is 13.2 Å². The summed E-state index contributed by atoms with van der Waals surface area (Å²) in [5, 5.41) is 10.2. The first-order valence-corrected chi connectivity index (χ1v) is 5.84. The van der Waals surface area contributed by atoms with Crippen molar-refractivity contribution in [2.75, 3.05) is 13.2 Å². The number of ketones is 1. The molecule has 5 nitrogen and oxygen atoms in total. The standard InChI is InChI=1S/C13H15NO4/c1-2-18-13(17)14-8-10(15)7-9-5-3-4-6-11(9)12(14)16/h3-6,12,16H,2,7-8H2,1H3. The summed E-state index contributed by atoms with van der Waals surface area (Å²) in [5.74, 6) is -0.118. The lowest BCUT2D eigenvalue weighted by Crippen LogP contribution is -2.37. The van der Waals surface area contributed by atoms with E-state index in [1.807, 2.05) is 0 Å². The van der Waals surface area contributed by atoms with Gasteiger partial charge in [-0.15, -0.1) is 0 Å². The maximum atomic E-state index is 11.7. The van der Waals surface area contributed by atoms with E-state index in [1.165, 1.54) is 0 Å². The minimum Gasteiger partial charge on any atom is -0.450 e. The van der Waals surface area contributed by atoms with Crippen LogP contribution in [0.5, 0.6) is 0 Å². The molecule has 0 radical (unpaired) electrons. The fraction of sp³-hybridized carbons (Fsp3) is 0.385. The monoisotopic (exact) mass is 249 g/mol. The zero-order chi connectivity index (χ0) is 13.1. The van der Waals surface area contributed by atoms with Crippen molar-refractivity contribution in [3.05, 3.63) is 35.4 Å². The third-order valence-electron chi connectivity index (χ3n) is 2.87. The highest BCUT2D eigenvalue weighted by Gasteiger charge is 2.31. The Morgan fingerprint density at radius 1 is 1.50 bits per heavy atom. The number of aliphatic hydroxyl groups is 1. The van der Waals surface area contributed by atoms with Crippen molar-refractivity contribution in [3.8, 4) is 0 Å². The number of nitrogens with zero attached hydrogens (tertiary/aromatic N) is 1. The molecular formula is C13H15NO4. The number of ether oxygens (including phenoxy) is 1. The molecule has 2 rings (SSSR count). The third kappa shape index (κ3) is 2.36. The molecule has 0 aliphatic carbocycles. The van der Waals surface area contributed by atoms with Gasteiger partial charge < -0.3 is 9.84 Å². The number of hydrogen-bond donors (Lipinski definition) is 1. The zero-order valence-electron chi connectivity index (χ0n) is 10.1. The Labute approximate surface area is 105 Å². The molecule has 0 aromatic heterocycles. The number of fused-ring (bicyclic) bond motifs is 1. The Kier molecular flexibility index (Phi) is 3.62. The Morgan fingerprint density at radius 3 is 2.94 bits per heavy atom. The van der Waals surface area contributed by atoms with E-state index in [0.717, 1.165) is 10.5 Å². The predicted molar refractivity (Wildman–Crippen MR) is 63.8 cm³/mol. The SMILES string of the molecule is CCOC(=O)N1CC(=O)Cc2ccccc2C1O. The Morgan fingerprint density at radius 2 is 2.22 bits per heavy atom. The van der Waals surface area contributed by atoms with Crippen molar-refractivity contribution < 1.29 is 19.4 Å². The second kappa shape index (κ2) is 5.18. The van der Waals surface area contributed by atoms with Gasteiger partial charge in [0.15, 0.2) is 12.0 Å². The summed E-state index contributed by atoms with van der Waals surface area (Å²) in [4.78, 5) is 24.5. The van der Waals surface area contributed by atoms with Gasteiger partial charge in [-0.1, -0.05) is 24.3 Å². The predicted octanol–water partition coefficient (Wildman–Crippen LogP) is 1.26. The molecule has 1 aliphatic rings. The number of Topliss-reactive ketones (excluding diaryl/α,β-unsaturated/α-hetero) is 1. The van der Waals surface area contributed by atoms with E-state index in [9.17, 15) is 14.7 Å². The molecule has 5 heteroatoms. The molecule has 96 valence electrons. The van der Waals surface area contributed by atoms with Gasteiger partial charge in [-0.05, 0) is 12.5 Å². The molecule has 0 spiro atoms. The fourth-order valence-electron chi connectivity index (χ4n) is 2.03. The van der Waals surface area contributed by atoms with Crippen molar-refractivity contribution in [2.45, 2.75) is 19.6 Å². The van der Waals surface area contributed by atoms with Gasteiger partial charge in [0.1, 0.15) is 0 Å². The number of rotatable bonds is 1. The van der Waals surface area contributed by atoms with Crippen LogP contribution in [0.1, 0.15) is 24.3 Å². The molecule has 1 atom stereocenters. The molecule has 1 aliphatic heterocycles. The highest BCUT2D eigenvalue weighted by Crippen LogP contribution is 2.26. The summed E-state index contributed by atoms with van der Waals surface area (Å²) in [5.41, 5.74) is 1.33. The zero-order valence-corrected chi connectivity index (χ0v) is 10.1. The van der Waals surface area contributed by atoms with Crippen LogP contribution in [0.25, 0.3) is 0 Å². The molecule has 1 heterocycles. The molecule has 1 unspecified atom stereocenters. The Balaban J connectivity index is 2.35. The van der Waals surface area contributed by atoms with E-state index in [4.69, 9.17) is 4.74 Å². The maximum absolute atomic E-state index is 11.7. The Bertz CT molecular complexity index is 472. The second-order valence-corrected chi connectivity index (χ2v) is 4.11. The third-order valence-corrected chi connectivity index (χ3v) is 2.87. The number of amides is 1. The molecule has 18 heavy (non-hydrogen) atoms. The van der Waals surface area contributed by atoms with Gasteiger partial charge in [-0.25, -0.2) is 4.79 Å². The maximum Gasteiger partial charge on any atom is 0.412 e. The molecule has 0 saturated carbocycles. The molecule has 1 aromatic rings. The minimum atomic E-state index is -1.13. The van der Waals surface area contributed by atoms with Gasteiger partial charge in [0, 0.05) is 12.0 Å². The summed E-state index contributed by atoms with van der Waals surface area (Å²) < 4.78 is 4.85. The van der Waals surface area contributed by atoms with Gasteiger partial charge >= 0.3 is 6.09 Å². The molecule has 1 aromatic carbocycles. The average molecular weight is 249 g/mol. The van der Waals surface area contributed by atoms with E-state index >= 15 is 0 Å². The van der Waals surface area contributed by atoms with E-state index in [2.05, 4.69) is 0 Å². The molecule has 1 amide bonds. The normalized spacial score (nSPS) is 19.1. The van der Waals surface area contributed by atoms with Crippen LogP contribution in [0.4, 0.5) is 4.79 Å². The number of carbonyl (C=O) groups excluding carboxylic acids is 2. The van der Waals surface area contributed by atoms with Crippen LogP contribution >= 0.6 is 0 Å². The lowest BCUT2D eigenvalue weighted by molar-refractivity contribution is -0.121. The smallest absolute Gasteiger partial charge is 0.412 e. The van der Waals surface area contributed by atoms with Gasteiger partial charge in [-0.2, -0.15) is 0 Å². The lowest BCUT2D eigenvalue weighted by atomic mass is 10.0. The van der Waals surface area contributed by atoms with Crippen LogP contribution < -0.4 is 0 Å². The summed E-state index contributed by atoms with van der Waals surface area (Å²) in [6.45, 7) is 1.75. The fourth-order valence-corrected chi connectivity index (χ4v) is 2.03. The van der Waals surface area contributed by atoms with Crippen molar-refractivity contribution in [1.82, 2.24) is 4.90 Å². The van der Waals surface area contributed by atoms with Crippen LogP contribution in [-0.2, 0) is 16.0 Å². The number of carbonyl (C=O) groups is 2. The van der Waals surface area contributed by atoms with Crippen LogP contribution in [0.15, 0.2) is 24.3 Å². The van der Waals surface area contributed by atoms with Crippen LogP contribution in [0.3, 0.4) is 0 Å². The lowest BCUT2D eigenvalue weighted by Gasteiger charge is -2.25. The summed E-state index contributed by atoms with van der Waals surface area (Å²) in [6, 6.07) is 7.07. The van der Waals surface area contributed by atoms with Crippen molar-refractivity contribution in [2.24, 2.45) is 0 Å². The highest BCUT2D eigenvalue weighted by molar-refractivity contribution is 5.87. The molecule has 0 fully saturated rings. The van der Waals surface area contributed by atoms with E-state index in [0.29, 0.717) is 5.56 Å². The van der Waals surface area contributed by atoms with Crippen LogP contribution in [0, 0.1) is 0 Å². The topological polar surface area (TPSA) is 66.8 Å². The summed E-state index contributed by atoms with van der Waals surface area (Å²) in [6.07, 6.45) is -1.58. The number of benzene rings is 1. The van der Waals surface area contributed by atoms with Crippen LogP contribution in [-0.4, -0.2) is 35.0 Å².